The summed E-state index contributed by atoms with van der Waals surface area (Å²) in [6.45, 7) is 4.84. The van der Waals surface area contributed by atoms with Crippen molar-refractivity contribution in [3.05, 3.63) is 156 Å². The monoisotopic (exact) mass is 578 g/mol. The van der Waals surface area contributed by atoms with Crippen LogP contribution in [0.15, 0.2) is 133 Å². The zero-order valence-electron chi connectivity index (χ0n) is 26.2. The Balaban J connectivity index is 1.14. The van der Waals surface area contributed by atoms with Crippen LogP contribution >= 0.6 is 0 Å². The Kier molecular flexibility index (Phi) is 6.04. The zero-order chi connectivity index (χ0) is 30.1. The number of hydrogen-bond donors (Lipinski definition) is 0. The van der Waals surface area contributed by atoms with Crippen molar-refractivity contribution < 1.29 is 0 Å². The topological polar surface area (TPSA) is 0 Å². The minimum atomic E-state index is 0.0141. The first-order valence-corrected chi connectivity index (χ1v) is 16.8. The molecule has 0 heteroatoms. The Labute approximate surface area is 266 Å². The minimum absolute atomic E-state index is 0.0141. The van der Waals surface area contributed by atoms with Gasteiger partial charge in [0, 0.05) is 5.41 Å². The molecule has 0 saturated heterocycles. The SMILES string of the molecule is CC1(C)c2ccccc2-c2c1cc(C1CCC(c3c4ccccc4c(-c4ccccc4)c4ccccc34)CC1)c1ccccc21. The van der Waals surface area contributed by atoms with E-state index in [1.165, 1.54) is 91.4 Å². The van der Waals surface area contributed by atoms with Gasteiger partial charge in [-0.25, -0.2) is 0 Å². The summed E-state index contributed by atoms with van der Waals surface area (Å²) in [5.74, 6) is 1.14. The van der Waals surface area contributed by atoms with Crippen molar-refractivity contribution in [3.8, 4) is 22.3 Å². The van der Waals surface area contributed by atoms with E-state index in [2.05, 4.69) is 147 Å². The molecular weight excluding hydrogens is 540 g/mol. The van der Waals surface area contributed by atoms with Crippen LogP contribution in [0.2, 0.25) is 0 Å². The first-order valence-electron chi connectivity index (χ1n) is 16.8. The number of hydrogen-bond acceptors (Lipinski definition) is 0. The Hall–Kier alpha value is -4.68. The summed E-state index contributed by atoms with van der Waals surface area (Å²) in [4.78, 5) is 0. The van der Waals surface area contributed by atoms with Crippen molar-refractivity contribution in [2.45, 2.75) is 56.8 Å². The van der Waals surface area contributed by atoms with Gasteiger partial charge in [-0.05, 0) is 114 Å². The lowest BCUT2D eigenvalue weighted by molar-refractivity contribution is 0.400. The van der Waals surface area contributed by atoms with Crippen LogP contribution in [0.1, 0.15) is 73.6 Å². The van der Waals surface area contributed by atoms with Gasteiger partial charge < -0.3 is 0 Å². The maximum Gasteiger partial charge on any atom is 0.0159 e. The van der Waals surface area contributed by atoms with Gasteiger partial charge in [-0.3, -0.25) is 0 Å². The third kappa shape index (κ3) is 3.98. The lowest BCUT2D eigenvalue weighted by Crippen LogP contribution is -2.17. The maximum atomic E-state index is 2.61. The fraction of sp³-hybridized carbons (Fsp3) is 0.200. The van der Waals surface area contributed by atoms with Gasteiger partial charge in [0.05, 0.1) is 0 Å². The summed E-state index contributed by atoms with van der Waals surface area (Å²) >= 11 is 0. The third-order valence-corrected chi connectivity index (χ3v) is 11.2. The molecule has 0 spiro atoms. The van der Waals surface area contributed by atoms with Crippen LogP contribution in [-0.2, 0) is 5.41 Å². The molecule has 0 N–H and O–H groups in total. The summed E-state index contributed by atoms with van der Waals surface area (Å²) in [7, 11) is 0. The molecule has 2 aliphatic rings. The van der Waals surface area contributed by atoms with Crippen LogP contribution in [0, 0.1) is 0 Å². The van der Waals surface area contributed by atoms with Crippen LogP contribution in [0.3, 0.4) is 0 Å². The second-order valence-corrected chi connectivity index (χ2v) is 13.9. The molecule has 0 heterocycles. The Morgan fingerprint density at radius 3 is 1.58 bits per heavy atom. The molecule has 0 amide bonds. The largest absolute Gasteiger partial charge is 0.0622 e. The highest BCUT2D eigenvalue weighted by molar-refractivity contribution is 6.15. The molecule has 1 fully saturated rings. The lowest BCUT2D eigenvalue weighted by Gasteiger charge is -2.33. The molecule has 1 saturated carbocycles. The van der Waals surface area contributed by atoms with E-state index in [0.717, 1.165) is 0 Å². The summed E-state index contributed by atoms with van der Waals surface area (Å²) in [6, 6.07) is 50.2. The first-order chi connectivity index (χ1) is 22.1. The smallest absolute Gasteiger partial charge is 0.0159 e. The number of rotatable bonds is 3. The number of fused-ring (bicyclic) bond motifs is 7. The predicted octanol–water partition coefficient (Wildman–Crippen LogP) is 12.6. The average Bonchev–Trinajstić information content (AvgIpc) is 3.33. The normalized spacial score (nSPS) is 18.7. The van der Waals surface area contributed by atoms with Crippen molar-refractivity contribution in [2.24, 2.45) is 0 Å². The summed E-state index contributed by atoms with van der Waals surface area (Å²) in [5, 5.41) is 8.51. The molecule has 0 radical (unpaired) electrons. The second-order valence-electron chi connectivity index (χ2n) is 13.9. The molecule has 45 heavy (non-hydrogen) atoms. The number of benzene rings is 7. The summed E-state index contributed by atoms with van der Waals surface area (Å²) in [6.07, 6.45) is 4.89. The minimum Gasteiger partial charge on any atom is -0.0622 e. The van der Waals surface area contributed by atoms with Gasteiger partial charge in [-0.1, -0.05) is 147 Å². The summed E-state index contributed by atoms with van der Waals surface area (Å²) in [5.41, 5.74) is 11.7. The molecule has 218 valence electrons. The van der Waals surface area contributed by atoms with Crippen molar-refractivity contribution in [1.29, 1.82) is 0 Å². The highest BCUT2D eigenvalue weighted by Crippen LogP contribution is 2.54. The fourth-order valence-electron chi connectivity index (χ4n) is 9.13. The van der Waals surface area contributed by atoms with E-state index in [-0.39, 0.29) is 5.41 Å². The molecule has 7 aromatic rings. The summed E-state index contributed by atoms with van der Waals surface area (Å²) < 4.78 is 0. The quantitative estimate of drug-likeness (QED) is 0.183. The third-order valence-electron chi connectivity index (χ3n) is 11.2. The van der Waals surface area contributed by atoms with Gasteiger partial charge >= 0.3 is 0 Å². The molecule has 0 unspecified atom stereocenters. The zero-order valence-corrected chi connectivity index (χ0v) is 26.2. The highest BCUT2D eigenvalue weighted by atomic mass is 14.4. The Bertz CT molecular complexity index is 2190. The highest BCUT2D eigenvalue weighted by Gasteiger charge is 2.38. The van der Waals surface area contributed by atoms with Crippen LogP contribution in [-0.4, -0.2) is 0 Å². The van der Waals surface area contributed by atoms with Gasteiger partial charge in [-0.2, -0.15) is 0 Å². The van der Waals surface area contributed by atoms with Crippen molar-refractivity contribution in [1.82, 2.24) is 0 Å². The predicted molar refractivity (Wildman–Crippen MR) is 192 cm³/mol. The fourth-order valence-corrected chi connectivity index (χ4v) is 9.13. The van der Waals surface area contributed by atoms with E-state index in [9.17, 15) is 0 Å². The van der Waals surface area contributed by atoms with E-state index >= 15 is 0 Å². The maximum absolute atomic E-state index is 2.61. The van der Waals surface area contributed by atoms with Gasteiger partial charge in [-0.15, -0.1) is 0 Å². The van der Waals surface area contributed by atoms with Gasteiger partial charge in [0.2, 0.25) is 0 Å². The van der Waals surface area contributed by atoms with Crippen LogP contribution < -0.4 is 0 Å². The Morgan fingerprint density at radius 2 is 0.933 bits per heavy atom. The van der Waals surface area contributed by atoms with Crippen molar-refractivity contribution >= 4 is 32.3 Å². The first kappa shape index (κ1) is 26.7. The van der Waals surface area contributed by atoms with Crippen LogP contribution in [0.4, 0.5) is 0 Å². The lowest BCUT2D eigenvalue weighted by atomic mass is 9.71. The Morgan fingerprint density at radius 1 is 0.444 bits per heavy atom. The standard InChI is InChI=1S/C45H38/c1-45(2)40-23-13-12-22-38(40)44-33-17-7-6-16-32(33)39(28-41(44)45)29-24-26-31(27-25-29)43-36-20-10-8-18-34(36)42(30-14-4-3-5-15-30)35-19-9-11-21-37(35)43/h3-23,28-29,31H,24-27H2,1-2H3. The van der Waals surface area contributed by atoms with E-state index < -0.39 is 0 Å². The van der Waals surface area contributed by atoms with E-state index in [4.69, 9.17) is 0 Å². The second kappa shape index (κ2) is 10.2. The van der Waals surface area contributed by atoms with Gasteiger partial charge in [0.25, 0.3) is 0 Å². The molecule has 2 aliphatic carbocycles. The van der Waals surface area contributed by atoms with Crippen LogP contribution in [0.5, 0.6) is 0 Å². The molecular formula is C45H38. The van der Waals surface area contributed by atoms with Gasteiger partial charge in [0.1, 0.15) is 0 Å². The van der Waals surface area contributed by atoms with E-state index in [1.54, 1.807) is 11.1 Å². The molecule has 9 rings (SSSR count). The van der Waals surface area contributed by atoms with E-state index in [0.29, 0.717) is 11.8 Å². The van der Waals surface area contributed by atoms with Crippen LogP contribution in [0.25, 0.3) is 54.6 Å². The molecule has 0 atom stereocenters. The average molecular weight is 579 g/mol. The molecule has 0 nitrogen and oxygen atoms in total. The molecule has 0 bridgehead atoms. The molecule has 7 aromatic carbocycles. The van der Waals surface area contributed by atoms with Gasteiger partial charge in [0.15, 0.2) is 0 Å². The van der Waals surface area contributed by atoms with E-state index in [1.807, 2.05) is 0 Å². The molecule has 0 aliphatic heterocycles. The van der Waals surface area contributed by atoms with Crippen molar-refractivity contribution in [3.63, 3.8) is 0 Å². The molecule has 0 aromatic heterocycles. The van der Waals surface area contributed by atoms with Crippen molar-refractivity contribution in [2.75, 3.05) is 0 Å².